The molecule has 0 spiro atoms. The molecule has 1 aromatic heterocycles. The Hall–Kier alpha value is -3.09. The summed E-state index contributed by atoms with van der Waals surface area (Å²) in [5, 5.41) is 20.0. The monoisotopic (exact) mass is 438 g/mol. The van der Waals surface area contributed by atoms with Crippen LogP contribution in [0.4, 0.5) is 0 Å². The van der Waals surface area contributed by atoms with Crippen molar-refractivity contribution in [2.75, 3.05) is 0 Å². The molecular formula is C24H23ClN2O4. The molecule has 0 saturated carbocycles. The molecule has 0 saturated heterocycles. The number of halogens is 1. The van der Waals surface area contributed by atoms with Gasteiger partial charge >= 0.3 is 5.97 Å². The second kappa shape index (κ2) is 7.87. The van der Waals surface area contributed by atoms with E-state index < -0.39 is 11.6 Å². The Morgan fingerprint density at radius 2 is 1.90 bits per heavy atom. The van der Waals surface area contributed by atoms with Crippen molar-refractivity contribution in [2.24, 2.45) is 0 Å². The van der Waals surface area contributed by atoms with E-state index in [0.29, 0.717) is 29.1 Å². The number of carbonyl (C=O) groups is 1. The summed E-state index contributed by atoms with van der Waals surface area (Å²) in [6.07, 6.45) is 2.79. The number of aliphatic carboxylic acids is 1. The normalized spacial score (nSPS) is 14.7. The van der Waals surface area contributed by atoms with Gasteiger partial charge in [-0.3, -0.25) is 0 Å². The molecule has 0 unspecified atom stereocenters. The summed E-state index contributed by atoms with van der Waals surface area (Å²) in [4.78, 5) is 19.0. The molecule has 31 heavy (non-hydrogen) atoms. The summed E-state index contributed by atoms with van der Waals surface area (Å²) in [5.74, 6) is -0.412. The Morgan fingerprint density at radius 1 is 1.19 bits per heavy atom. The van der Waals surface area contributed by atoms with Crippen LogP contribution in [0.25, 0.3) is 22.2 Å². The molecule has 1 aliphatic carbocycles. The first-order valence-corrected chi connectivity index (χ1v) is 10.3. The predicted molar refractivity (Wildman–Crippen MR) is 120 cm³/mol. The van der Waals surface area contributed by atoms with E-state index in [1.165, 1.54) is 0 Å². The molecule has 4 rings (SSSR count). The lowest BCUT2D eigenvalue weighted by Gasteiger charge is -2.18. The molecule has 0 atom stereocenters. The highest BCUT2D eigenvalue weighted by Gasteiger charge is 2.19. The molecule has 1 heterocycles. The van der Waals surface area contributed by atoms with Gasteiger partial charge in [-0.05, 0) is 56.5 Å². The van der Waals surface area contributed by atoms with Gasteiger partial charge in [-0.25, -0.2) is 4.79 Å². The van der Waals surface area contributed by atoms with Crippen molar-refractivity contribution in [2.45, 2.75) is 39.2 Å². The van der Waals surface area contributed by atoms with Crippen molar-refractivity contribution in [1.82, 2.24) is 9.97 Å². The first kappa shape index (κ1) is 21.2. The van der Waals surface area contributed by atoms with Gasteiger partial charge in [0.2, 0.25) is 0 Å². The predicted octanol–water partition coefficient (Wildman–Crippen LogP) is 5.57. The summed E-state index contributed by atoms with van der Waals surface area (Å²) in [6.45, 7) is 5.30. The van der Waals surface area contributed by atoms with Crippen LogP contribution in [0.1, 0.15) is 39.2 Å². The molecule has 0 amide bonds. The highest BCUT2D eigenvalue weighted by molar-refractivity contribution is 6.34. The molecule has 6 nitrogen and oxygen atoms in total. The van der Waals surface area contributed by atoms with Gasteiger partial charge in [-0.2, -0.15) is 4.98 Å². The number of nitrogens with zero attached hydrogens (tertiary/aromatic N) is 1. The van der Waals surface area contributed by atoms with Crippen LogP contribution in [0, 0.1) is 0 Å². The number of ether oxygens (including phenoxy) is 1. The highest BCUT2D eigenvalue weighted by Crippen LogP contribution is 2.34. The number of allylic oxidation sites excluding steroid dienone is 2. The number of aromatic nitrogens is 2. The van der Waals surface area contributed by atoms with Crippen LogP contribution in [-0.4, -0.2) is 26.2 Å². The fourth-order valence-corrected chi connectivity index (χ4v) is 3.86. The fourth-order valence-electron chi connectivity index (χ4n) is 3.58. The molecule has 3 aromatic rings. The number of imidazole rings is 1. The van der Waals surface area contributed by atoms with E-state index in [2.05, 4.69) is 9.97 Å². The van der Waals surface area contributed by atoms with Crippen molar-refractivity contribution in [3.8, 4) is 17.1 Å². The summed E-state index contributed by atoms with van der Waals surface area (Å²) < 4.78 is 5.83. The third-order valence-corrected chi connectivity index (χ3v) is 5.73. The summed E-state index contributed by atoms with van der Waals surface area (Å²) in [5.41, 5.74) is 4.12. The lowest BCUT2D eigenvalue weighted by Crippen LogP contribution is -2.14. The third kappa shape index (κ3) is 4.36. The van der Waals surface area contributed by atoms with E-state index >= 15 is 0 Å². The zero-order valence-corrected chi connectivity index (χ0v) is 18.2. The van der Waals surface area contributed by atoms with E-state index in [1.807, 2.05) is 37.3 Å². The van der Waals surface area contributed by atoms with Gasteiger partial charge in [-0.15, -0.1) is 0 Å². The van der Waals surface area contributed by atoms with E-state index in [4.69, 9.17) is 16.3 Å². The number of aromatic amines is 1. The van der Waals surface area contributed by atoms with Crippen LogP contribution in [0.5, 0.6) is 6.01 Å². The Morgan fingerprint density at radius 3 is 2.55 bits per heavy atom. The zero-order chi connectivity index (χ0) is 22.3. The zero-order valence-electron chi connectivity index (χ0n) is 17.5. The average molecular weight is 439 g/mol. The lowest BCUT2D eigenvalue weighted by molar-refractivity contribution is -0.132. The number of carboxylic acid groups (broad SMARTS) is 1. The number of hydrogen-bond donors (Lipinski definition) is 3. The van der Waals surface area contributed by atoms with Gasteiger partial charge in [0.15, 0.2) is 0 Å². The van der Waals surface area contributed by atoms with Crippen LogP contribution in [0.2, 0.25) is 5.02 Å². The van der Waals surface area contributed by atoms with Crippen LogP contribution >= 0.6 is 11.6 Å². The van der Waals surface area contributed by atoms with Gasteiger partial charge in [0.1, 0.15) is 5.76 Å². The van der Waals surface area contributed by atoms with E-state index in [-0.39, 0.29) is 11.6 Å². The molecule has 160 valence electrons. The van der Waals surface area contributed by atoms with Crippen molar-refractivity contribution >= 4 is 28.6 Å². The minimum Gasteiger partial charge on any atom is -0.478 e. The smallest absolute Gasteiger partial charge is 0.335 e. The Bertz CT molecular complexity index is 1230. The largest absolute Gasteiger partial charge is 0.478 e. The lowest BCUT2D eigenvalue weighted by atomic mass is 9.95. The molecule has 3 N–H and O–H groups in total. The minimum atomic E-state index is -0.963. The van der Waals surface area contributed by atoms with Gasteiger partial charge in [0, 0.05) is 12.0 Å². The maximum atomic E-state index is 11.4. The van der Waals surface area contributed by atoms with Gasteiger partial charge in [0.25, 0.3) is 6.01 Å². The summed E-state index contributed by atoms with van der Waals surface area (Å²) in [6, 6.07) is 11.5. The second-order valence-electron chi connectivity index (χ2n) is 8.24. The number of nitrogens with one attached hydrogen (secondary N) is 1. The maximum absolute atomic E-state index is 11.4. The van der Waals surface area contributed by atoms with E-state index in [1.54, 1.807) is 26.0 Å². The number of carboxylic acids is 1. The van der Waals surface area contributed by atoms with E-state index in [9.17, 15) is 15.0 Å². The van der Waals surface area contributed by atoms with Crippen LogP contribution < -0.4 is 4.74 Å². The van der Waals surface area contributed by atoms with E-state index in [0.717, 1.165) is 27.8 Å². The second-order valence-corrected chi connectivity index (χ2v) is 8.65. The number of fused-ring (bicyclic) bond motifs is 1. The minimum absolute atomic E-state index is 0.261. The molecule has 0 fully saturated rings. The van der Waals surface area contributed by atoms with Gasteiger partial charge < -0.3 is 19.9 Å². The quantitative estimate of drug-likeness (QED) is 0.484. The molecule has 0 aliphatic heterocycles. The van der Waals surface area contributed by atoms with Crippen molar-refractivity contribution in [3.63, 3.8) is 0 Å². The molecule has 2 aromatic carbocycles. The fraction of sp³-hybridized carbons (Fsp3) is 0.250. The van der Waals surface area contributed by atoms with Crippen molar-refractivity contribution in [3.05, 3.63) is 70.0 Å². The standard InChI is InChI=1S/C24H23ClN2O4/c1-13-4-9-16(10-17(13)22(28)29)31-23-26-20-11-18(19(25)12-21(20)27-23)14-5-7-15(8-6-14)24(2,3)30/h5-8,10-12,30H,4,9H2,1-3H3,(H,26,27)(H,28,29). The number of aliphatic hydroxyl groups is 1. The number of rotatable bonds is 5. The Labute approximate surface area is 184 Å². The van der Waals surface area contributed by atoms with Gasteiger partial charge in [0.05, 0.1) is 27.2 Å². The average Bonchev–Trinajstić information content (AvgIpc) is 3.09. The third-order valence-electron chi connectivity index (χ3n) is 5.42. The maximum Gasteiger partial charge on any atom is 0.335 e. The summed E-state index contributed by atoms with van der Waals surface area (Å²) >= 11 is 6.52. The van der Waals surface area contributed by atoms with Crippen LogP contribution in [-0.2, 0) is 10.4 Å². The molecule has 0 radical (unpaired) electrons. The SMILES string of the molecule is CC1=C(C(=O)O)C=C(Oc2nc3cc(-c4ccc(C(C)(C)O)cc4)c(Cl)cc3[nH]2)CC1. The molecule has 7 heteroatoms. The summed E-state index contributed by atoms with van der Waals surface area (Å²) in [7, 11) is 0. The molecular weight excluding hydrogens is 416 g/mol. The molecule has 0 bridgehead atoms. The van der Waals surface area contributed by atoms with Gasteiger partial charge in [-0.1, -0.05) is 41.4 Å². The number of H-pyrrole nitrogens is 1. The number of benzene rings is 2. The first-order chi connectivity index (χ1) is 14.6. The van der Waals surface area contributed by atoms with Crippen molar-refractivity contribution in [1.29, 1.82) is 0 Å². The van der Waals surface area contributed by atoms with Crippen LogP contribution in [0.3, 0.4) is 0 Å². The Balaban J connectivity index is 1.64. The van der Waals surface area contributed by atoms with Crippen LogP contribution in [0.15, 0.2) is 59.4 Å². The highest BCUT2D eigenvalue weighted by atomic mass is 35.5. The topological polar surface area (TPSA) is 95.4 Å². The molecule has 1 aliphatic rings. The number of hydrogen-bond acceptors (Lipinski definition) is 4. The van der Waals surface area contributed by atoms with Crippen molar-refractivity contribution < 1.29 is 19.7 Å². The first-order valence-electron chi connectivity index (χ1n) is 9.96. The Kier molecular flexibility index (Phi) is 5.37.